The van der Waals surface area contributed by atoms with Gasteiger partial charge in [-0.2, -0.15) is 0 Å². The van der Waals surface area contributed by atoms with Gasteiger partial charge < -0.3 is 27.9 Å². The second-order valence-electron chi connectivity index (χ2n) is 15.7. The topological polar surface area (TPSA) is 128 Å². The van der Waals surface area contributed by atoms with E-state index in [1.54, 1.807) is 6.08 Å². The Balaban J connectivity index is 4.45. The molecule has 0 radical (unpaired) electrons. The molecule has 11 heteroatoms. The number of unbranched alkanes of at least 4 members (excludes halogenated alkanes) is 18. The van der Waals surface area contributed by atoms with Crippen molar-refractivity contribution in [2.45, 2.75) is 180 Å². The van der Waals surface area contributed by atoms with Gasteiger partial charge in [-0.15, -0.1) is 0 Å². The van der Waals surface area contributed by atoms with Crippen molar-refractivity contribution < 1.29 is 46.8 Å². The number of phosphoric ester groups is 1. The Morgan fingerprint density at radius 2 is 1.09 bits per heavy atom. The third-order valence-corrected chi connectivity index (χ3v) is 10.1. The number of carbonyl (C=O) groups excluding carboxylic acids is 3. The molecule has 0 aromatic carbocycles. The van der Waals surface area contributed by atoms with Crippen LogP contribution in [-0.4, -0.2) is 75.8 Å². The van der Waals surface area contributed by atoms with Crippen LogP contribution in [0.1, 0.15) is 174 Å². The van der Waals surface area contributed by atoms with Gasteiger partial charge in [-0.25, -0.2) is 0 Å². The molecule has 0 aliphatic rings. The van der Waals surface area contributed by atoms with Crippen LogP contribution in [0.15, 0.2) is 36.5 Å². The van der Waals surface area contributed by atoms with E-state index in [-0.39, 0.29) is 31.8 Å². The first-order valence-electron chi connectivity index (χ1n) is 21.6. The smallest absolute Gasteiger partial charge is 0.306 e. The van der Waals surface area contributed by atoms with Gasteiger partial charge in [-0.3, -0.25) is 18.9 Å². The highest BCUT2D eigenvalue weighted by Crippen LogP contribution is 2.38. The van der Waals surface area contributed by atoms with E-state index in [2.05, 4.69) is 32.1 Å². The lowest BCUT2D eigenvalue weighted by Crippen LogP contribution is -2.37. The number of likely N-dealkylation sites (N-methyl/N-ethyl adjacent to an activating group) is 1. The summed E-state index contributed by atoms with van der Waals surface area (Å²) in [6.07, 6.45) is 35.7. The van der Waals surface area contributed by atoms with Crippen molar-refractivity contribution in [1.82, 2.24) is 0 Å². The van der Waals surface area contributed by atoms with Gasteiger partial charge >= 0.3 is 11.9 Å². The van der Waals surface area contributed by atoms with Crippen molar-refractivity contribution in [2.75, 3.05) is 47.5 Å². The van der Waals surface area contributed by atoms with Crippen LogP contribution in [0.2, 0.25) is 0 Å². The normalized spacial score (nSPS) is 13.9. The Morgan fingerprint density at radius 3 is 1.67 bits per heavy atom. The van der Waals surface area contributed by atoms with Crippen molar-refractivity contribution in [3.05, 3.63) is 36.5 Å². The number of carbonyl (C=O) groups is 3. The highest BCUT2D eigenvalue weighted by molar-refractivity contribution is 7.45. The van der Waals surface area contributed by atoms with Crippen LogP contribution in [-0.2, 0) is 37.5 Å². The van der Waals surface area contributed by atoms with E-state index in [0.29, 0.717) is 30.3 Å². The fraction of sp³-hybridized carbons (Fsp3) is 0.795. The summed E-state index contributed by atoms with van der Waals surface area (Å²) < 4.78 is 33.8. The number of allylic oxidation sites excluding steroid dienone is 6. The van der Waals surface area contributed by atoms with E-state index in [0.717, 1.165) is 83.5 Å². The first kappa shape index (κ1) is 52.9. The molecule has 2 atom stereocenters. The van der Waals surface area contributed by atoms with Gasteiger partial charge in [-0.1, -0.05) is 128 Å². The number of ketones is 1. The molecule has 0 bridgehead atoms. The monoisotopic (exact) mass is 798 g/mol. The largest absolute Gasteiger partial charge is 0.756 e. The Hall–Kier alpha value is -2.10. The van der Waals surface area contributed by atoms with Crippen molar-refractivity contribution >= 4 is 25.5 Å². The summed E-state index contributed by atoms with van der Waals surface area (Å²) in [5, 5.41) is 0. The van der Waals surface area contributed by atoms with Crippen molar-refractivity contribution in [3.8, 4) is 0 Å². The molecule has 0 N–H and O–H groups in total. The van der Waals surface area contributed by atoms with Crippen LogP contribution in [0.4, 0.5) is 0 Å². The molecule has 0 aromatic heterocycles. The Kier molecular flexibility index (Phi) is 34.9. The molecule has 0 aliphatic heterocycles. The zero-order valence-corrected chi connectivity index (χ0v) is 36.5. The first-order chi connectivity index (χ1) is 26.4. The molecule has 10 nitrogen and oxygen atoms in total. The van der Waals surface area contributed by atoms with E-state index in [9.17, 15) is 23.8 Å². The number of hydrogen-bond acceptors (Lipinski definition) is 9. The minimum atomic E-state index is -4.64. The molecular weight excluding hydrogens is 717 g/mol. The third-order valence-electron chi connectivity index (χ3n) is 9.11. The first-order valence-corrected chi connectivity index (χ1v) is 23.1. The maximum atomic E-state index is 12.7. The van der Waals surface area contributed by atoms with Gasteiger partial charge in [0.1, 0.15) is 19.8 Å². The Bertz CT molecular complexity index is 1100. The summed E-state index contributed by atoms with van der Waals surface area (Å²) >= 11 is 0. The highest BCUT2D eigenvalue weighted by atomic mass is 31.2. The van der Waals surface area contributed by atoms with Gasteiger partial charge in [0.15, 0.2) is 11.9 Å². The predicted octanol–water partition coefficient (Wildman–Crippen LogP) is 10.7. The molecule has 0 aromatic rings. The van der Waals surface area contributed by atoms with Crippen molar-refractivity contribution in [2.24, 2.45) is 0 Å². The molecule has 320 valence electrons. The van der Waals surface area contributed by atoms with Crippen molar-refractivity contribution in [3.63, 3.8) is 0 Å². The summed E-state index contributed by atoms with van der Waals surface area (Å²) in [6.45, 7) is 4.00. The third kappa shape index (κ3) is 39.9. The fourth-order valence-corrected chi connectivity index (χ4v) is 6.36. The van der Waals surface area contributed by atoms with E-state index < -0.39 is 32.5 Å². The fourth-order valence-electron chi connectivity index (χ4n) is 5.63. The number of hydrogen-bond donors (Lipinski definition) is 0. The van der Waals surface area contributed by atoms with Gasteiger partial charge in [0.2, 0.25) is 0 Å². The minimum absolute atomic E-state index is 0.0470. The van der Waals surface area contributed by atoms with E-state index in [1.807, 2.05) is 33.3 Å². The van der Waals surface area contributed by atoms with Crippen LogP contribution < -0.4 is 4.89 Å². The SMILES string of the molecule is CCCCCCCC/C=C\CCCCCCCC(=O)O[C@H](COC(=O)CCCCCCC/C=C\C=C\C(=O)CCCCC)COP(=O)([O-])OCC[N+](C)(C)C. The molecular formula is C44H80NO9P. The summed E-state index contributed by atoms with van der Waals surface area (Å²) in [5.41, 5.74) is 0. The quantitative estimate of drug-likeness (QED) is 0.0113. The Labute approximate surface area is 336 Å². The zero-order chi connectivity index (χ0) is 40.9. The molecule has 0 aliphatic carbocycles. The van der Waals surface area contributed by atoms with Crippen LogP contribution in [0, 0.1) is 0 Å². The molecule has 0 amide bonds. The van der Waals surface area contributed by atoms with Crippen LogP contribution in [0.5, 0.6) is 0 Å². The number of rotatable bonds is 39. The number of esters is 2. The molecule has 0 heterocycles. The molecule has 1 unspecified atom stereocenters. The molecule has 0 saturated heterocycles. The number of phosphoric acid groups is 1. The van der Waals surface area contributed by atoms with E-state index >= 15 is 0 Å². The van der Waals surface area contributed by atoms with Crippen LogP contribution >= 0.6 is 7.82 Å². The Morgan fingerprint density at radius 1 is 0.600 bits per heavy atom. The zero-order valence-electron chi connectivity index (χ0n) is 35.6. The number of quaternary nitrogens is 1. The average molecular weight is 798 g/mol. The summed E-state index contributed by atoms with van der Waals surface area (Å²) in [7, 11) is 1.11. The van der Waals surface area contributed by atoms with Crippen LogP contribution in [0.25, 0.3) is 0 Å². The standard InChI is InChI=1S/C44H80NO9P/c1-6-8-10-11-12-13-14-15-16-17-18-21-25-28-32-36-44(48)54-42(40-53-55(49,50)52-38-37-45(3,4)5)39-51-43(47)35-31-27-24-22-19-20-23-26-30-34-41(46)33-29-9-7-2/h15-16,23,26,30,34,42H,6-14,17-22,24-25,27-29,31-33,35-40H2,1-5H3/b16-15-,26-23-,34-30+/t42-/m1/s1. The summed E-state index contributed by atoms with van der Waals surface area (Å²) in [4.78, 5) is 49.2. The average Bonchev–Trinajstić information content (AvgIpc) is 3.12. The van der Waals surface area contributed by atoms with Gasteiger partial charge in [0.05, 0.1) is 27.7 Å². The lowest BCUT2D eigenvalue weighted by atomic mass is 10.1. The van der Waals surface area contributed by atoms with E-state index in [1.165, 1.54) is 44.9 Å². The maximum Gasteiger partial charge on any atom is 0.306 e. The summed E-state index contributed by atoms with van der Waals surface area (Å²) in [6, 6.07) is 0. The van der Waals surface area contributed by atoms with Gasteiger partial charge in [0, 0.05) is 19.3 Å². The van der Waals surface area contributed by atoms with E-state index in [4.69, 9.17) is 18.5 Å². The molecule has 0 spiro atoms. The van der Waals surface area contributed by atoms with Gasteiger partial charge in [-0.05, 0) is 63.9 Å². The van der Waals surface area contributed by atoms with Gasteiger partial charge in [0.25, 0.3) is 7.82 Å². The molecule has 0 saturated carbocycles. The summed E-state index contributed by atoms with van der Waals surface area (Å²) in [5.74, 6) is -0.729. The lowest BCUT2D eigenvalue weighted by Gasteiger charge is -2.28. The molecule has 0 fully saturated rings. The second kappa shape index (κ2) is 36.3. The molecule has 55 heavy (non-hydrogen) atoms. The predicted molar refractivity (Wildman–Crippen MR) is 222 cm³/mol. The number of nitrogens with zero attached hydrogens (tertiary/aromatic N) is 1. The number of ether oxygens (including phenoxy) is 2. The second-order valence-corrected chi connectivity index (χ2v) is 17.1. The molecule has 0 rings (SSSR count). The highest BCUT2D eigenvalue weighted by Gasteiger charge is 2.21. The van der Waals surface area contributed by atoms with Crippen molar-refractivity contribution in [1.29, 1.82) is 0 Å². The lowest BCUT2D eigenvalue weighted by molar-refractivity contribution is -0.870. The minimum Gasteiger partial charge on any atom is -0.756 e. The van der Waals surface area contributed by atoms with Crippen LogP contribution in [0.3, 0.4) is 0 Å². The maximum absolute atomic E-state index is 12.7.